The SMILES string of the molecule is CC(C)NCC(O)COc1ncc(C(=O)NCCCCC23CCC(C)(CC2)CC3)s1. The Bertz CT molecular complexity index is 666. The third kappa shape index (κ3) is 6.66. The van der Waals surface area contributed by atoms with E-state index < -0.39 is 6.10 Å². The van der Waals surface area contributed by atoms with Crippen LogP contribution in [0.25, 0.3) is 0 Å². The molecule has 1 amide bonds. The number of nitrogens with one attached hydrogen (secondary N) is 2. The normalized spacial score (nSPS) is 26.7. The first-order chi connectivity index (χ1) is 14.3. The Labute approximate surface area is 185 Å². The summed E-state index contributed by atoms with van der Waals surface area (Å²) in [6.45, 7) is 7.86. The molecule has 6 nitrogen and oxygen atoms in total. The molecule has 0 aliphatic heterocycles. The summed E-state index contributed by atoms with van der Waals surface area (Å²) >= 11 is 1.22. The molecule has 1 atom stereocenters. The van der Waals surface area contributed by atoms with Crippen LogP contribution in [-0.4, -0.2) is 47.8 Å². The highest BCUT2D eigenvalue weighted by atomic mass is 32.1. The first-order valence-corrected chi connectivity index (χ1v) is 12.4. The number of rotatable bonds is 12. The van der Waals surface area contributed by atoms with Gasteiger partial charge in [-0.2, -0.15) is 0 Å². The maximum absolute atomic E-state index is 12.3. The Hall–Kier alpha value is -1.18. The number of nitrogens with zero attached hydrogens (tertiary/aromatic N) is 1. The summed E-state index contributed by atoms with van der Waals surface area (Å²) in [5, 5.41) is 16.5. The fraction of sp³-hybridized carbons (Fsp3) is 0.826. The van der Waals surface area contributed by atoms with Crippen LogP contribution in [0.3, 0.4) is 0 Å². The van der Waals surface area contributed by atoms with Crippen LogP contribution in [0.1, 0.15) is 88.2 Å². The monoisotopic (exact) mass is 437 g/mol. The molecular weight excluding hydrogens is 398 g/mol. The molecule has 0 spiro atoms. The van der Waals surface area contributed by atoms with Crippen molar-refractivity contribution in [2.75, 3.05) is 19.7 Å². The van der Waals surface area contributed by atoms with E-state index >= 15 is 0 Å². The van der Waals surface area contributed by atoms with Crippen LogP contribution in [0.5, 0.6) is 5.19 Å². The first kappa shape index (κ1) is 23.5. The lowest BCUT2D eigenvalue weighted by Gasteiger charge is -2.52. The Morgan fingerprint density at radius 2 is 1.93 bits per heavy atom. The molecule has 3 saturated carbocycles. The van der Waals surface area contributed by atoms with Crippen LogP contribution in [0.4, 0.5) is 0 Å². The number of unbranched alkanes of at least 4 members (excludes halogenated alkanes) is 1. The number of thiazole rings is 1. The van der Waals surface area contributed by atoms with E-state index in [0.29, 0.717) is 40.0 Å². The zero-order valence-corrected chi connectivity index (χ0v) is 19.7. The topological polar surface area (TPSA) is 83.5 Å². The number of aliphatic hydroxyl groups is 1. The van der Waals surface area contributed by atoms with Gasteiger partial charge in [-0.25, -0.2) is 4.98 Å². The summed E-state index contributed by atoms with van der Waals surface area (Å²) in [7, 11) is 0. The van der Waals surface area contributed by atoms with E-state index in [1.807, 2.05) is 13.8 Å². The summed E-state index contributed by atoms with van der Waals surface area (Å²) in [5.74, 6) is -0.0892. The lowest BCUT2D eigenvalue weighted by atomic mass is 9.53. The van der Waals surface area contributed by atoms with Gasteiger partial charge in [0.25, 0.3) is 11.1 Å². The van der Waals surface area contributed by atoms with Gasteiger partial charge in [0.2, 0.25) is 0 Å². The van der Waals surface area contributed by atoms with E-state index in [4.69, 9.17) is 4.74 Å². The Morgan fingerprint density at radius 3 is 2.60 bits per heavy atom. The molecule has 3 N–H and O–H groups in total. The molecule has 30 heavy (non-hydrogen) atoms. The molecule has 0 aromatic carbocycles. The Balaban J connectivity index is 1.30. The lowest BCUT2D eigenvalue weighted by molar-refractivity contribution is -0.00400. The largest absolute Gasteiger partial charge is 0.467 e. The van der Waals surface area contributed by atoms with Crippen LogP contribution < -0.4 is 15.4 Å². The molecule has 2 bridgehead atoms. The minimum absolute atomic E-state index is 0.0892. The minimum atomic E-state index is -0.602. The highest BCUT2D eigenvalue weighted by Crippen LogP contribution is 2.58. The van der Waals surface area contributed by atoms with Crippen molar-refractivity contribution in [3.63, 3.8) is 0 Å². The van der Waals surface area contributed by atoms with E-state index in [1.165, 1.54) is 62.7 Å². The molecule has 3 fully saturated rings. The van der Waals surface area contributed by atoms with Gasteiger partial charge >= 0.3 is 0 Å². The summed E-state index contributed by atoms with van der Waals surface area (Å²) in [6, 6.07) is 0.315. The molecular formula is C23H39N3O3S. The van der Waals surface area contributed by atoms with Crippen molar-refractivity contribution < 1.29 is 14.6 Å². The van der Waals surface area contributed by atoms with E-state index in [0.717, 1.165) is 6.42 Å². The van der Waals surface area contributed by atoms with Crippen LogP contribution in [0, 0.1) is 10.8 Å². The second-order valence-corrected chi connectivity index (χ2v) is 11.0. The van der Waals surface area contributed by atoms with Gasteiger partial charge in [0.1, 0.15) is 17.6 Å². The number of aliphatic hydroxyl groups excluding tert-OH is 1. The highest BCUT2D eigenvalue weighted by Gasteiger charge is 2.45. The molecule has 1 unspecified atom stereocenters. The van der Waals surface area contributed by atoms with Gasteiger partial charge in [-0.1, -0.05) is 38.5 Å². The lowest BCUT2D eigenvalue weighted by Crippen LogP contribution is -2.39. The van der Waals surface area contributed by atoms with Crippen molar-refractivity contribution in [2.24, 2.45) is 10.8 Å². The quantitative estimate of drug-likeness (QED) is 0.428. The third-order valence-corrected chi connectivity index (χ3v) is 7.97. The van der Waals surface area contributed by atoms with E-state index in [1.54, 1.807) is 6.20 Å². The molecule has 4 rings (SSSR count). The number of fused-ring (bicyclic) bond motifs is 3. The smallest absolute Gasteiger partial charge is 0.273 e. The van der Waals surface area contributed by atoms with Gasteiger partial charge in [0.15, 0.2) is 0 Å². The number of hydrogen-bond donors (Lipinski definition) is 3. The van der Waals surface area contributed by atoms with Crippen molar-refractivity contribution in [2.45, 2.75) is 90.7 Å². The van der Waals surface area contributed by atoms with E-state index in [9.17, 15) is 9.90 Å². The molecule has 3 aliphatic carbocycles. The van der Waals surface area contributed by atoms with Gasteiger partial charge in [-0.3, -0.25) is 4.79 Å². The maximum Gasteiger partial charge on any atom is 0.273 e. The molecule has 0 saturated heterocycles. The molecule has 7 heteroatoms. The van der Waals surface area contributed by atoms with Gasteiger partial charge in [0.05, 0.1) is 6.20 Å². The summed E-state index contributed by atoms with van der Waals surface area (Å²) in [6.07, 6.45) is 12.9. The third-order valence-electron chi connectivity index (χ3n) is 7.07. The van der Waals surface area contributed by atoms with Gasteiger partial charge < -0.3 is 20.5 Å². The van der Waals surface area contributed by atoms with Crippen molar-refractivity contribution in [1.29, 1.82) is 0 Å². The zero-order valence-electron chi connectivity index (χ0n) is 18.8. The van der Waals surface area contributed by atoms with Gasteiger partial charge in [0, 0.05) is 19.1 Å². The number of aromatic nitrogens is 1. The van der Waals surface area contributed by atoms with E-state index in [-0.39, 0.29) is 12.5 Å². The van der Waals surface area contributed by atoms with Crippen molar-refractivity contribution in [1.82, 2.24) is 15.6 Å². The van der Waals surface area contributed by atoms with Crippen LogP contribution in [-0.2, 0) is 0 Å². The molecule has 1 heterocycles. The maximum atomic E-state index is 12.3. The van der Waals surface area contributed by atoms with E-state index in [2.05, 4.69) is 22.5 Å². The fourth-order valence-electron chi connectivity index (χ4n) is 4.77. The van der Waals surface area contributed by atoms with Gasteiger partial charge in [-0.15, -0.1) is 0 Å². The molecule has 170 valence electrons. The first-order valence-electron chi connectivity index (χ1n) is 11.6. The van der Waals surface area contributed by atoms with Gasteiger partial charge in [-0.05, 0) is 62.2 Å². The summed E-state index contributed by atoms with van der Waals surface area (Å²) in [4.78, 5) is 17.0. The second-order valence-electron chi connectivity index (χ2n) is 10.0. The predicted octanol–water partition coefficient (Wildman–Crippen LogP) is 4.14. The van der Waals surface area contributed by atoms with Crippen LogP contribution in [0.2, 0.25) is 0 Å². The van der Waals surface area contributed by atoms with Crippen molar-refractivity contribution in [3.05, 3.63) is 11.1 Å². The fourth-order valence-corrected chi connectivity index (χ4v) is 5.46. The number of carbonyl (C=O) groups excluding carboxylic acids is 1. The molecule has 1 aromatic heterocycles. The van der Waals surface area contributed by atoms with Crippen molar-refractivity contribution >= 4 is 17.2 Å². The number of carbonyl (C=O) groups is 1. The molecule has 3 aliphatic rings. The average Bonchev–Trinajstić information content (AvgIpc) is 3.21. The van der Waals surface area contributed by atoms with Crippen LogP contribution in [0.15, 0.2) is 6.20 Å². The molecule has 0 radical (unpaired) electrons. The summed E-state index contributed by atoms with van der Waals surface area (Å²) in [5.41, 5.74) is 1.23. The summed E-state index contributed by atoms with van der Waals surface area (Å²) < 4.78 is 5.51. The number of amides is 1. The predicted molar refractivity (Wildman–Crippen MR) is 121 cm³/mol. The van der Waals surface area contributed by atoms with Crippen LogP contribution >= 0.6 is 11.3 Å². The average molecular weight is 438 g/mol. The molecule has 1 aromatic rings. The number of hydrogen-bond acceptors (Lipinski definition) is 6. The second kappa shape index (κ2) is 10.4. The Kier molecular flexibility index (Phi) is 8.16. The Morgan fingerprint density at radius 1 is 1.23 bits per heavy atom. The van der Waals surface area contributed by atoms with Crippen molar-refractivity contribution in [3.8, 4) is 5.19 Å². The minimum Gasteiger partial charge on any atom is -0.467 e. The standard InChI is InChI=1S/C23H39N3O3S/c1-17(2)25-14-18(27)16-29-21-26-15-19(30-21)20(28)24-13-5-4-6-23-10-7-22(3,8-11-23)9-12-23/h15,17-18,25,27H,4-14,16H2,1-3H3,(H,24,28). The zero-order chi connectivity index (χ0) is 21.6. The highest BCUT2D eigenvalue weighted by molar-refractivity contribution is 7.15. The number of ether oxygens (including phenoxy) is 1.